The van der Waals surface area contributed by atoms with Gasteiger partial charge in [-0.1, -0.05) is 22.0 Å². The summed E-state index contributed by atoms with van der Waals surface area (Å²) in [4.78, 5) is 0. The molecule has 2 heterocycles. The van der Waals surface area contributed by atoms with Gasteiger partial charge >= 0.3 is 0 Å². The summed E-state index contributed by atoms with van der Waals surface area (Å²) in [5.41, 5.74) is 0. The van der Waals surface area contributed by atoms with Crippen molar-refractivity contribution < 1.29 is 4.58 Å². The second-order valence-corrected chi connectivity index (χ2v) is 7.78. The van der Waals surface area contributed by atoms with E-state index >= 15 is 0 Å². The van der Waals surface area contributed by atoms with E-state index in [-0.39, 0.29) is 7.53 Å². The normalized spacial score (nSPS) is 16.6. The van der Waals surface area contributed by atoms with Gasteiger partial charge in [0, 0.05) is 17.9 Å². The van der Waals surface area contributed by atoms with Gasteiger partial charge < -0.3 is 0 Å². The van der Waals surface area contributed by atoms with Gasteiger partial charge in [-0.3, -0.25) is 0 Å². The number of nitrogens with zero attached hydrogens (tertiary/aromatic N) is 1. The van der Waals surface area contributed by atoms with Gasteiger partial charge in [-0.2, -0.15) is 0 Å². The van der Waals surface area contributed by atoms with Crippen LogP contribution in [0.4, 0.5) is 0 Å². The maximum Gasteiger partial charge on any atom is 0.180 e. The van der Waals surface area contributed by atoms with E-state index in [2.05, 4.69) is 37.4 Å². The summed E-state index contributed by atoms with van der Waals surface area (Å²) in [5, 5.41) is 3.32. The van der Waals surface area contributed by atoms with Crippen molar-refractivity contribution in [2.75, 3.05) is 0 Å². The molecule has 1 unspecified atom stereocenters. The van der Waals surface area contributed by atoms with Crippen molar-refractivity contribution in [2.45, 2.75) is 45.9 Å². The van der Waals surface area contributed by atoms with Crippen molar-refractivity contribution in [3.63, 3.8) is 0 Å². The second-order valence-electron chi connectivity index (χ2n) is 3.91. The molecule has 1 aliphatic rings. The van der Waals surface area contributed by atoms with Crippen LogP contribution in [-0.2, 0) is 6.29 Å². The van der Waals surface area contributed by atoms with Crippen molar-refractivity contribution in [1.82, 2.24) is 0 Å². The molecule has 0 saturated carbocycles. The first-order valence-corrected chi connectivity index (χ1v) is 7.88. The number of rotatable bonds is 3. The minimum absolute atomic E-state index is 0.0984. The highest BCUT2D eigenvalue weighted by Crippen LogP contribution is 2.47. The fraction of sp³-hybridized carbons (Fsp3) is 0.636. The van der Waals surface area contributed by atoms with E-state index in [4.69, 9.17) is 0 Å². The molecular formula is C11H18NP2+. The average molecular weight is 226 g/mol. The monoisotopic (exact) mass is 226 g/mol. The fourth-order valence-corrected chi connectivity index (χ4v) is 6.18. The molecule has 14 heavy (non-hydrogen) atoms. The third-order valence-corrected chi connectivity index (χ3v) is 7.41. The van der Waals surface area contributed by atoms with Gasteiger partial charge in [-0.05, 0) is 20.3 Å². The molecule has 1 nitrogen and oxygen atoms in total. The Morgan fingerprint density at radius 3 is 2.79 bits per heavy atom. The summed E-state index contributed by atoms with van der Waals surface area (Å²) in [6.07, 6.45) is 6.28. The van der Waals surface area contributed by atoms with E-state index in [9.17, 15) is 0 Å². The molecular weight excluding hydrogens is 208 g/mol. The Hall–Kier alpha value is -0.120. The van der Waals surface area contributed by atoms with E-state index in [1.165, 1.54) is 27.3 Å². The maximum absolute atomic E-state index is 2.58. The Bertz CT molecular complexity index is 361. The van der Waals surface area contributed by atoms with Gasteiger partial charge in [0.2, 0.25) is 0 Å². The first kappa shape index (κ1) is 10.4. The van der Waals surface area contributed by atoms with Crippen LogP contribution in [0.2, 0.25) is 0 Å². The molecule has 3 heteroatoms. The summed E-state index contributed by atoms with van der Waals surface area (Å²) < 4.78 is 2.58. The van der Waals surface area contributed by atoms with Crippen LogP contribution in [0.25, 0.3) is 0 Å². The van der Waals surface area contributed by atoms with Crippen LogP contribution >= 0.6 is 15.7 Å². The van der Waals surface area contributed by atoms with Crippen LogP contribution in [-0.4, -0.2) is 16.8 Å². The van der Waals surface area contributed by atoms with Crippen LogP contribution in [0.3, 0.4) is 0 Å². The highest BCUT2D eigenvalue weighted by atomic mass is 31.1. The smallest absolute Gasteiger partial charge is 0.180 e. The fourth-order valence-electron chi connectivity index (χ4n) is 2.13. The van der Waals surface area contributed by atoms with Crippen LogP contribution in [0.5, 0.6) is 0 Å². The minimum atomic E-state index is 0.0984. The van der Waals surface area contributed by atoms with Crippen molar-refractivity contribution >= 4 is 21.9 Å². The molecule has 0 amide bonds. The van der Waals surface area contributed by atoms with Crippen LogP contribution in [0.1, 0.15) is 37.0 Å². The molecule has 0 spiro atoms. The summed E-state index contributed by atoms with van der Waals surface area (Å²) in [6.45, 7) is 6.92. The van der Waals surface area contributed by atoms with Crippen molar-refractivity contribution in [2.24, 2.45) is 0 Å². The first-order chi connectivity index (χ1) is 6.76. The van der Waals surface area contributed by atoms with E-state index in [1.54, 1.807) is 10.3 Å². The zero-order valence-electron chi connectivity index (χ0n) is 9.20. The van der Waals surface area contributed by atoms with Crippen LogP contribution in [0.15, 0.2) is 5.80 Å². The molecule has 0 bridgehead atoms. The molecule has 0 aromatic carbocycles. The topological polar surface area (TPSA) is 3.01 Å². The molecule has 0 aliphatic carbocycles. The number of hydrogen-bond donors (Lipinski definition) is 0. The Balaban J connectivity index is 2.22. The third kappa shape index (κ3) is 1.69. The zero-order chi connectivity index (χ0) is 10.1. The summed E-state index contributed by atoms with van der Waals surface area (Å²) in [7, 11) is 1.58. The lowest BCUT2D eigenvalue weighted by atomic mass is 10.2. The van der Waals surface area contributed by atoms with Gasteiger partial charge in [-0.25, -0.2) is 4.58 Å². The van der Waals surface area contributed by atoms with E-state index in [0.717, 1.165) is 6.04 Å². The zero-order valence-corrected chi connectivity index (χ0v) is 11.0. The van der Waals surface area contributed by atoms with Crippen LogP contribution < -0.4 is 0 Å². The second kappa shape index (κ2) is 4.17. The largest absolute Gasteiger partial charge is 0.225 e. The lowest BCUT2D eigenvalue weighted by Crippen LogP contribution is -2.21. The van der Waals surface area contributed by atoms with E-state index in [1.807, 2.05) is 0 Å². The number of fused-ring (bicyclic) bond motifs is 1. The molecule has 0 fully saturated rings. The quantitative estimate of drug-likeness (QED) is 0.681. The van der Waals surface area contributed by atoms with Crippen LogP contribution in [0, 0.1) is 6.92 Å². The molecule has 76 valence electrons. The molecule has 0 radical (unpaired) electrons. The molecule has 1 atom stereocenters. The standard InChI is InChI=1S/C11H18NP2/c1-4-10(5-2)12-6-11-7-13-9(3)14(11)8-12/h6-7,10H,4-5,8H2,1-3H3/q+1. The molecule has 0 N–H and O–H groups in total. The highest BCUT2D eigenvalue weighted by molar-refractivity contribution is 7.61. The van der Waals surface area contributed by atoms with Crippen molar-refractivity contribution in [3.05, 3.63) is 16.1 Å². The molecule has 2 rings (SSSR count). The lowest BCUT2D eigenvalue weighted by Gasteiger charge is -2.08. The number of aryl methyl sites for hydroxylation is 1. The predicted octanol–water partition coefficient (Wildman–Crippen LogP) is 4.15. The van der Waals surface area contributed by atoms with E-state index < -0.39 is 0 Å². The molecule has 1 aromatic rings. The average Bonchev–Trinajstić information content (AvgIpc) is 2.72. The van der Waals surface area contributed by atoms with Gasteiger partial charge in [0.1, 0.15) is 0 Å². The van der Waals surface area contributed by atoms with Gasteiger partial charge in [0.25, 0.3) is 0 Å². The lowest BCUT2D eigenvalue weighted by molar-refractivity contribution is -0.564. The summed E-state index contributed by atoms with van der Waals surface area (Å²) in [6, 6.07) is 0.772. The third-order valence-electron chi connectivity index (χ3n) is 3.10. The predicted molar refractivity (Wildman–Crippen MR) is 66.2 cm³/mol. The van der Waals surface area contributed by atoms with Gasteiger partial charge in [0.05, 0.1) is 5.30 Å². The molecule has 1 aliphatic heterocycles. The highest BCUT2D eigenvalue weighted by Gasteiger charge is 2.26. The minimum Gasteiger partial charge on any atom is -0.225 e. The summed E-state index contributed by atoms with van der Waals surface area (Å²) >= 11 is 0. The van der Waals surface area contributed by atoms with Crippen molar-refractivity contribution in [1.29, 1.82) is 0 Å². The molecule has 0 saturated heterocycles. The van der Waals surface area contributed by atoms with E-state index in [0.29, 0.717) is 0 Å². The van der Waals surface area contributed by atoms with Crippen molar-refractivity contribution in [3.8, 4) is 0 Å². The Labute approximate surface area is 89.0 Å². The summed E-state index contributed by atoms with van der Waals surface area (Å²) in [5.74, 6) is 2.41. The molecule has 1 aromatic heterocycles. The Morgan fingerprint density at radius 1 is 1.50 bits per heavy atom. The Kier molecular flexibility index (Phi) is 3.10. The SMILES string of the molecule is CCC(CC)[N+]1=Cc2cpc(C)p2C1. The maximum atomic E-state index is 2.58. The number of hydrogen-bond acceptors (Lipinski definition) is 0. The van der Waals surface area contributed by atoms with Gasteiger partial charge in [0.15, 0.2) is 18.5 Å². The van der Waals surface area contributed by atoms with Gasteiger partial charge in [-0.15, -0.1) is 0 Å². The first-order valence-electron chi connectivity index (χ1n) is 5.39. The Morgan fingerprint density at radius 2 is 2.21 bits per heavy atom.